The minimum absolute atomic E-state index is 0.0249. The van der Waals surface area contributed by atoms with Gasteiger partial charge in [-0.2, -0.15) is 0 Å². The van der Waals surface area contributed by atoms with Crippen molar-refractivity contribution in [1.82, 2.24) is 4.90 Å². The first-order chi connectivity index (χ1) is 13.9. The Bertz CT molecular complexity index is 902. The average molecular weight is 396 g/mol. The van der Waals surface area contributed by atoms with Crippen molar-refractivity contribution in [3.63, 3.8) is 0 Å². The van der Waals surface area contributed by atoms with Gasteiger partial charge in [-0.15, -0.1) is 0 Å². The Kier molecular flexibility index (Phi) is 6.42. The number of rotatable bonds is 5. The number of methoxy groups -OCH3 is 2. The lowest BCUT2D eigenvalue weighted by Gasteiger charge is -2.31. The van der Waals surface area contributed by atoms with Gasteiger partial charge in [0, 0.05) is 30.3 Å². The molecular weight excluding hydrogens is 368 g/mol. The first-order valence-corrected chi connectivity index (χ1v) is 9.82. The number of nitrogens with zero attached hydrogens (tertiary/aromatic N) is 1. The second-order valence-electron chi connectivity index (χ2n) is 7.44. The van der Waals surface area contributed by atoms with Crippen LogP contribution in [-0.2, 0) is 4.79 Å². The maximum Gasteiger partial charge on any atom is 0.253 e. The Morgan fingerprint density at radius 3 is 2.31 bits per heavy atom. The normalized spacial score (nSPS) is 14.4. The molecule has 0 aromatic heterocycles. The number of benzene rings is 2. The molecule has 29 heavy (non-hydrogen) atoms. The van der Waals surface area contributed by atoms with Crippen LogP contribution in [0.25, 0.3) is 0 Å². The summed E-state index contributed by atoms with van der Waals surface area (Å²) >= 11 is 0. The molecule has 1 aliphatic heterocycles. The number of anilines is 1. The Morgan fingerprint density at radius 2 is 1.66 bits per heavy atom. The molecule has 0 saturated carbocycles. The number of carbonyl (C=O) groups is 2. The molecule has 0 unspecified atom stereocenters. The van der Waals surface area contributed by atoms with Crippen LogP contribution < -0.4 is 14.8 Å². The molecule has 0 bridgehead atoms. The van der Waals surface area contributed by atoms with Crippen molar-refractivity contribution in [3.8, 4) is 11.5 Å². The Balaban J connectivity index is 1.60. The molecule has 1 heterocycles. The summed E-state index contributed by atoms with van der Waals surface area (Å²) in [6.07, 6.45) is 1.30. The predicted molar refractivity (Wildman–Crippen MR) is 113 cm³/mol. The number of carbonyl (C=O) groups excluding carboxylic acids is 2. The monoisotopic (exact) mass is 396 g/mol. The third kappa shape index (κ3) is 4.70. The number of ether oxygens (including phenoxy) is 2. The molecule has 2 aromatic carbocycles. The Hall–Kier alpha value is -3.02. The number of nitrogens with one attached hydrogen (secondary N) is 1. The van der Waals surface area contributed by atoms with Crippen LogP contribution in [0.3, 0.4) is 0 Å². The Morgan fingerprint density at radius 1 is 0.966 bits per heavy atom. The molecule has 1 fully saturated rings. The SMILES string of the molecule is COc1ccc(C(=O)N2CCC(C(=O)Nc3cc(C)ccc3C)CC2)cc1OC. The van der Waals surface area contributed by atoms with E-state index in [0.29, 0.717) is 43.0 Å². The standard InChI is InChI=1S/C23H28N2O4/c1-15-5-6-16(2)19(13-15)24-22(26)17-9-11-25(12-10-17)23(27)18-7-8-20(28-3)21(14-18)29-4/h5-8,13-14,17H,9-12H2,1-4H3,(H,24,26). The zero-order valence-corrected chi connectivity index (χ0v) is 17.5. The van der Waals surface area contributed by atoms with Gasteiger partial charge in [-0.25, -0.2) is 0 Å². The van der Waals surface area contributed by atoms with Crippen molar-refractivity contribution in [1.29, 1.82) is 0 Å². The van der Waals surface area contributed by atoms with Gasteiger partial charge in [-0.05, 0) is 62.1 Å². The topological polar surface area (TPSA) is 67.9 Å². The van der Waals surface area contributed by atoms with Crippen LogP contribution >= 0.6 is 0 Å². The number of amides is 2. The molecule has 0 radical (unpaired) electrons. The maximum absolute atomic E-state index is 12.8. The van der Waals surface area contributed by atoms with Gasteiger partial charge >= 0.3 is 0 Å². The van der Waals surface area contributed by atoms with E-state index in [4.69, 9.17) is 9.47 Å². The fourth-order valence-electron chi connectivity index (χ4n) is 3.60. The maximum atomic E-state index is 12.8. The third-order valence-electron chi connectivity index (χ3n) is 5.43. The molecule has 0 spiro atoms. The molecule has 2 amide bonds. The second kappa shape index (κ2) is 8.99. The summed E-state index contributed by atoms with van der Waals surface area (Å²) in [7, 11) is 3.11. The van der Waals surface area contributed by atoms with Crippen molar-refractivity contribution < 1.29 is 19.1 Å². The van der Waals surface area contributed by atoms with Gasteiger partial charge in [0.25, 0.3) is 5.91 Å². The van der Waals surface area contributed by atoms with Crippen LogP contribution in [0.1, 0.15) is 34.3 Å². The van der Waals surface area contributed by atoms with Gasteiger partial charge in [0.1, 0.15) is 0 Å². The van der Waals surface area contributed by atoms with Crippen molar-refractivity contribution >= 4 is 17.5 Å². The summed E-state index contributed by atoms with van der Waals surface area (Å²) in [5.74, 6) is 0.993. The second-order valence-corrected chi connectivity index (χ2v) is 7.44. The predicted octanol–water partition coefficient (Wildman–Crippen LogP) is 3.81. The van der Waals surface area contributed by atoms with Crippen LogP contribution in [0.5, 0.6) is 11.5 Å². The van der Waals surface area contributed by atoms with E-state index in [9.17, 15) is 9.59 Å². The lowest BCUT2D eigenvalue weighted by Crippen LogP contribution is -2.41. The first kappa shape index (κ1) is 20.7. The highest BCUT2D eigenvalue weighted by atomic mass is 16.5. The third-order valence-corrected chi connectivity index (χ3v) is 5.43. The molecule has 6 nitrogen and oxygen atoms in total. The van der Waals surface area contributed by atoms with E-state index in [1.54, 1.807) is 37.3 Å². The minimum Gasteiger partial charge on any atom is -0.493 e. The molecule has 6 heteroatoms. The van der Waals surface area contributed by atoms with Crippen LogP contribution in [0.15, 0.2) is 36.4 Å². The van der Waals surface area contributed by atoms with Crippen LogP contribution in [0.4, 0.5) is 5.69 Å². The number of piperidine rings is 1. The molecule has 154 valence electrons. The summed E-state index contributed by atoms with van der Waals surface area (Å²) in [6, 6.07) is 11.2. The number of aryl methyl sites for hydroxylation is 2. The summed E-state index contributed by atoms with van der Waals surface area (Å²) in [5.41, 5.74) is 3.58. The van der Waals surface area contributed by atoms with Gasteiger partial charge in [0.15, 0.2) is 11.5 Å². The van der Waals surface area contributed by atoms with Crippen LogP contribution in [-0.4, -0.2) is 44.0 Å². The molecule has 2 aromatic rings. The molecule has 1 N–H and O–H groups in total. The first-order valence-electron chi connectivity index (χ1n) is 9.82. The van der Waals surface area contributed by atoms with Gasteiger partial charge in [-0.1, -0.05) is 12.1 Å². The van der Waals surface area contributed by atoms with E-state index in [-0.39, 0.29) is 17.7 Å². The van der Waals surface area contributed by atoms with E-state index < -0.39 is 0 Å². The fourth-order valence-corrected chi connectivity index (χ4v) is 3.60. The number of hydrogen-bond donors (Lipinski definition) is 1. The smallest absolute Gasteiger partial charge is 0.253 e. The van der Waals surface area contributed by atoms with Gasteiger partial charge in [0.2, 0.25) is 5.91 Å². The summed E-state index contributed by atoms with van der Waals surface area (Å²) in [5, 5.41) is 3.05. The van der Waals surface area contributed by atoms with Crippen molar-refractivity contribution in [2.45, 2.75) is 26.7 Å². The molecular formula is C23H28N2O4. The van der Waals surface area contributed by atoms with E-state index in [1.807, 2.05) is 32.0 Å². The quantitative estimate of drug-likeness (QED) is 0.834. The highest BCUT2D eigenvalue weighted by Gasteiger charge is 2.28. The number of hydrogen-bond acceptors (Lipinski definition) is 4. The van der Waals surface area contributed by atoms with Crippen LogP contribution in [0, 0.1) is 19.8 Å². The van der Waals surface area contributed by atoms with E-state index >= 15 is 0 Å². The Labute approximate surface area is 171 Å². The highest BCUT2D eigenvalue weighted by Crippen LogP contribution is 2.29. The molecule has 3 rings (SSSR count). The minimum atomic E-state index is -0.0932. The highest BCUT2D eigenvalue weighted by molar-refractivity contribution is 5.96. The molecule has 1 aliphatic rings. The van der Waals surface area contributed by atoms with Crippen molar-refractivity contribution in [2.75, 3.05) is 32.6 Å². The van der Waals surface area contributed by atoms with Gasteiger partial charge in [-0.3, -0.25) is 9.59 Å². The number of likely N-dealkylation sites (tertiary alicyclic amines) is 1. The lowest BCUT2D eigenvalue weighted by atomic mass is 9.95. The van der Waals surface area contributed by atoms with E-state index in [0.717, 1.165) is 16.8 Å². The van der Waals surface area contributed by atoms with E-state index in [1.165, 1.54) is 0 Å². The zero-order chi connectivity index (χ0) is 21.0. The fraction of sp³-hybridized carbons (Fsp3) is 0.391. The average Bonchev–Trinajstić information content (AvgIpc) is 2.75. The van der Waals surface area contributed by atoms with Gasteiger partial charge in [0.05, 0.1) is 14.2 Å². The zero-order valence-electron chi connectivity index (χ0n) is 17.5. The molecule has 0 atom stereocenters. The summed E-state index contributed by atoms with van der Waals surface area (Å²) < 4.78 is 10.5. The van der Waals surface area contributed by atoms with Crippen molar-refractivity contribution in [2.24, 2.45) is 5.92 Å². The lowest BCUT2D eigenvalue weighted by molar-refractivity contribution is -0.121. The van der Waals surface area contributed by atoms with Gasteiger partial charge < -0.3 is 19.7 Å². The summed E-state index contributed by atoms with van der Waals surface area (Å²) in [6.45, 7) is 5.10. The molecule has 0 aliphatic carbocycles. The summed E-state index contributed by atoms with van der Waals surface area (Å²) in [4.78, 5) is 27.3. The molecule has 1 saturated heterocycles. The van der Waals surface area contributed by atoms with Crippen LogP contribution in [0.2, 0.25) is 0 Å². The van der Waals surface area contributed by atoms with E-state index in [2.05, 4.69) is 5.32 Å². The van der Waals surface area contributed by atoms with Crippen molar-refractivity contribution in [3.05, 3.63) is 53.1 Å². The largest absolute Gasteiger partial charge is 0.493 e.